The Morgan fingerprint density at radius 2 is 1.38 bits per heavy atom. The summed E-state index contributed by atoms with van der Waals surface area (Å²) >= 11 is 0. The minimum absolute atomic E-state index is 0.129. The molecule has 8 heteroatoms. The lowest BCUT2D eigenvalue weighted by molar-refractivity contribution is -0.165. The van der Waals surface area contributed by atoms with Crippen molar-refractivity contribution in [1.82, 2.24) is 0 Å². The number of hydrogen-bond donors (Lipinski definition) is 0. The molecular weight excluding hydrogens is 428 g/mol. The van der Waals surface area contributed by atoms with Gasteiger partial charge in [-0.2, -0.15) is 13.2 Å². The van der Waals surface area contributed by atoms with Gasteiger partial charge in [0.25, 0.3) is 0 Å². The smallest absolute Gasteiger partial charge is 0.419 e. The molecule has 4 nitrogen and oxygen atoms in total. The van der Waals surface area contributed by atoms with Crippen LogP contribution in [0, 0.1) is 11.2 Å². The van der Waals surface area contributed by atoms with Crippen LogP contribution in [-0.2, 0) is 20.5 Å². The van der Waals surface area contributed by atoms with E-state index in [-0.39, 0.29) is 6.61 Å². The van der Waals surface area contributed by atoms with Crippen LogP contribution in [0.4, 0.5) is 17.6 Å². The first-order valence-electron chi connectivity index (χ1n) is 11.3. The third-order valence-electron chi connectivity index (χ3n) is 5.22. The van der Waals surface area contributed by atoms with Crippen molar-refractivity contribution in [2.75, 3.05) is 6.61 Å². The number of halogens is 4. The topological polar surface area (TPSA) is 52.6 Å². The van der Waals surface area contributed by atoms with Crippen molar-refractivity contribution < 1.29 is 36.6 Å². The molecule has 0 saturated heterocycles. The molecule has 0 heterocycles. The summed E-state index contributed by atoms with van der Waals surface area (Å²) in [6.07, 6.45) is 6.25. The number of alkyl halides is 3. The molecule has 0 saturated carbocycles. The van der Waals surface area contributed by atoms with Crippen molar-refractivity contribution in [2.45, 2.75) is 91.2 Å². The van der Waals surface area contributed by atoms with Crippen molar-refractivity contribution in [3.63, 3.8) is 0 Å². The molecule has 0 fully saturated rings. The molecule has 0 N–H and O–H groups in total. The third-order valence-corrected chi connectivity index (χ3v) is 5.22. The summed E-state index contributed by atoms with van der Waals surface area (Å²) in [6.45, 7) is 4.76. The minimum atomic E-state index is -4.93. The summed E-state index contributed by atoms with van der Waals surface area (Å²) in [7, 11) is 0. The van der Waals surface area contributed by atoms with Gasteiger partial charge in [-0.05, 0) is 32.4 Å². The predicted octanol–water partition coefficient (Wildman–Crippen LogP) is 7.24. The largest absolute Gasteiger partial charge is 0.465 e. The lowest BCUT2D eigenvalue weighted by Crippen LogP contribution is -2.38. The standard InChI is InChI=1S/C24H34F4O4/c1-4-5-6-7-8-9-10-11-12-13-17-31-21(29)23(2,3)22(30)32-19-16-14-15-18(20(19)25)24(26,27)28/h14-16H,4-13,17H2,1-3H3. The van der Waals surface area contributed by atoms with Gasteiger partial charge in [0.2, 0.25) is 0 Å². The van der Waals surface area contributed by atoms with E-state index in [4.69, 9.17) is 9.47 Å². The summed E-state index contributed by atoms with van der Waals surface area (Å²) in [5.74, 6) is -4.65. The monoisotopic (exact) mass is 462 g/mol. The second kappa shape index (κ2) is 13.4. The number of carbonyl (C=O) groups is 2. The summed E-state index contributed by atoms with van der Waals surface area (Å²) in [4.78, 5) is 24.6. The van der Waals surface area contributed by atoms with Gasteiger partial charge in [-0.3, -0.25) is 9.59 Å². The molecule has 0 unspecified atom stereocenters. The van der Waals surface area contributed by atoms with Gasteiger partial charge in [0.05, 0.1) is 12.2 Å². The van der Waals surface area contributed by atoms with E-state index in [1.54, 1.807) is 0 Å². The number of esters is 2. The first-order valence-corrected chi connectivity index (χ1v) is 11.3. The Bertz CT molecular complexity index is 729. The third kappa shape index (κ3) is 9.17. The number of hydrogen-bond acceptors (Lipinski definition) is 4. The van der Waals surface area contributed by atoms with E-state index in [1.807, 2.05) is 0 Å². The van der Waals surface area contributed by atoms with Gasteiger partial charge in [0.15, 0.2) is 17.0 Å². The first-order chi connectivity index (χ1) is 15.0. The Balaban J connectivity index is 2.40. The van der Waals surface area contributed by atoms with Crippen LogP contribution in [0.25, 0.3) is 0 Å². The van der Waals surface area contributed by atoms with Crippen LogP contribution in [0.15, 0.2) is 18.2 Å². The van der Waals surface area contributed by atoms with Crippen LogP contribution in [0.5, 0.6) is 5.75 Å². The van der Waals surface area contributed by atoms with Crippen molar-refractivity contribution in [3.8, 4) is 5.75 Å². The fourth-order valence-corrected chi connectivity index (χ4v) is 3.05. The van der Waals surface area contributed by atoms with Gasteiger partial charge >= 0.3 is 18.1 Å². The molecule has 32 heavy (non-hydrogen) atoms. The molecule has 0 bridgehead atoms. The Kier molecular flexibility index (Phi) is 11.7. The van der Waals surface area contributed by atoms with Crippen molar-refractivity contribution in [1.29, 1.82) is 0 Å². The van der Waals surface area contributed by atoms with Crippen molar-refractivity contribution in [3.05, 3.63) is 29.6 Å². The Morgan fingerprint density at radius 3 is 1.91 bits per heavy atom. The second-order valence-electron chi connectivity index (χ2n) is 8.45. The maximum absolute atomic E-state index is 14.1. The number of unbranched alkanes of at least 4 members (excludes halogenated alkanes) is 9. The van der Waals surface area contributed by atoms with Crippen LogP contribution >= 0.6 is 0 Å². The fraction of sp³-hybridized carbons (Fsp3) is 0.667. The van der Waals surface area contributed by atoms with E-state index in [1.165, 1.54) is 52.4 Å². The molecule has 0 radical (unpaired) electrons. The van der Waals surface area contributed by atoms with Crippen LogP contribution in [-0.4, -0.2) is 18.5 Å². The van der Waals surface area contributed by atoms with Crippen LogP contribution in [0.1, 0.15) is 90.5 Å². The van der Waals surface area contributed by atoms with E-state index in [0.29, 0.717) is 12.5 Å². The molecule has 1 rings (SSSR count). The molecule has 1 aromatic carbocycles. The van der Waals surface area contributed by atoms with Gasteiger partial charge in [0, 0.05) is 0 Å². The summed E-state index contributed by atoms with van der Waals surface area (Å²) in [5, 5.41) is 0. The van der Waals surface area contributed by atoms with Gasteiger partial charge < -0.3 is 9.47 Å². The zero-order valence-electron chi connectivity index (χ0n) is 19.2. The molecule has 0 atom stereocenters. The first kappa shape index (κ1) is 27.9. The molecule has 0 aromatic heterocycles. The van der Waals surface area contributed by atoms with E-state index in [9.17, 15) is 27.2 Å². The maximum Gasteiger partial charge on any atom is 0.419 e. The maximum atomic E-state index is 14.1. The Labute approximate surface area is 187 Å². The predicted molar refractivity (Wildman–Crippen MR) is 114 cm³/mol. The molecule has 182 valence electrons. The highest BCUT2D eigenvalue weighted by molar-refractivity contribution is 5.99. The van der Waals surface area contributed by atoms with Crippen LogP contribution in [0.3, 0.4) is 0 Å². The summed E-state index contributed by atoms with van der Waals surface area (Å²) in [6, 6.07) is 2.36. The van der Waals surface area contributed by atoms with Gasteiger partial charge in [-0.25, -0.2) is 4.39 Å². The van der Waals surface area contributed by atoms with Gasteiger partial charge in [0.1, 0.15) is 0 Å². The average molecular weight is 463 g/mol. The fourth-order valence-electron chi connectivity index (χ4n) is 3.05. The molecule has 0 spiro atoms. The van der Waals surface area contributed by atoms with Crippen molar-refractivity contribution >= 4 is 11.9 Å². The Morgan fingerprint density at radius 1 is 0.844 bits per heavy atom. The molecule has 1 aromatic rings. The van der Waals surface area contributed by atoms with E-state index < -0.39 is 40.7 Å². The average Bonchev–Trinajstić information content (AvgIpc) is 2.72. The normalized spacial score (nSPS) is 12.0. The quantitative estimate of drug-likeness (QED) is 0.0961. The number of carbonyl (C=O) groups excluding carboxylic acids is 2. The van der Waals surface area contributed by atoms with E-state index >= 15 is 0 Å². The summed E-state index contributed by atoms with van der Waals surface area (Å²) < 4.78 is 62.4. The molecule has 0 amide bonds. The highest BCUT2D eigenvalue weighted by Gasteiger charge is 2.41. The zero-order valence-corrected chi connectivity index (χ0v) is 19.2. The SMILES string of the molecule is CCCCCCCCCCCCOC(=O)C(C)(C)C(=O)Oc1cccc(C(F)(F)F)c1F. The van der Waals surface area contributed by atoms with Gasteiger partial charge in [-0.1, -0.05) is 70.8 Å². The van der Waals surface area contributed by atoms with Gasteiger partial charge in [-0.15, -0.1) is 0 Å². The molecule has 0 aliphatic carbocycles. The van der Waals surface area contributed by atoms with Crippen LogP contribution < -0.4 is 4.74 Å². The van der Waals surface area contributed by atoms with Crippen molar-refractivity contribution in [2.24, 2.45) is 5.41 Å². The van der Waals surface area contributed by atoms with E-state index in [0.717, 1.165) is 31.4 Å². The lowest BCUT2D eigenvalue weighted by atomic mass is 9.94. The summed E-state index contributed by atoms with van der Waals surface area (Å²) in [5.41, 5.74) is -3.34. The number of rotatable bonds is 14. The number of benzene rings is 1. The highest BCUT2D eigenvalue weighted by atomic mass is 19.4. The number of ether oxygens (including phenoxy) is 2. The minimum Gasteiger partial charge on any atom is -0.465 e. The lowest BCUT2D eigenvalue weighted by Gasteiger charge is -2.21. The molecular formula is C24H34F4O4. The zero-order chi connectivity index (χ0) is 24.2. The van der Waals surface area contributed by atoms with E-state index in [2.05, 4.69) is 6.92 Å². The van der Waals surface area contributed by atoms with Crippen LogP contribution in [0.2, 0.25) is 0 Å². The second-order valence-corrected chi connectivity index (χ2v) is 8.45. The molecule has 0 aliphatic rings. The molecule has 0 aliphatic heterocycles. The highest BCUT2D eigenvalue weighted by Crippen LogP contribution is 2.35. The Hall–Kier alpha value is -2.12.